The summed E-state index contributed by atoms with van der Waals surface area (Å²) in [5, 5.41) is 5.87. The van der Waals surface area contributed by atoms with E-state index in [2.05, 4.69) is 45.4 Å². The number of pyridine rings is 1. The van der Waals surface area contributed by atoms with Gasteiger partial charge in [0.25, 0.3) is 0 Å². The summed E-state index contributed by atoms with van der Waals surface area (Å²) < 4.78 is 28.1. The number of benzene rings is 3. The summed E-state index contributed by atoms with van der Waals surface area (Å²) in [5.41, 5.74) is 7.88. The molecule has 2 N–H and O–H groups in total. The lowest BCUT2D eigenvalue weighted by Gasteiger charge is -2.37. The number of rotatable bonds is 10. The minimum absolute atomic E-state index is 0.0500. The van der Waals surface area contributed by atoms with Crippen molar-refractivity contribution in [1.29, 1.82) is 0 Å². The molecule has 9 nitrogen and oxygen atoms in total. The predicted octanol–water partition coefficient (Wildman–Crippen LogP) is 8.95. The number of aromatic amines is 1. The summed E-state index contributed by atoms with van der Waals surface area (Å²) in [7, 11) is -1.61. The molecule has 0 saturated carbocycles. The molecule has 1 aliphatic heterocycles. The number of halogens is 2. The van der Waals surface area contributed by atoms with Gasteiger partial charge in [0, 0.05) is 64.5 Å². The van der Waals surface area contributed by atoms with Gasteiger partial charge in [-0.25, -0.2) is 22.7 Å². The summed E-state index contributed by atoms with van der Waals surface area (Å²) >= 11 is 12.8. The fourth-order valence-electron chi connectivity index (χ4n) is 6.94. The quantitative estimate of drug-likeness (QED) is 0.146. The lowest BCUT2D eigenvalue weighted by Crippen LogP contribution is -2.45. The highest BCUT2D eigenvalue weighted by Crippen LogP contribution is 2.43. The lowest BCUT2D eigenvalue weighted by molar-refractivity contribution is 0.313. The minimum atomic E-state index is -3.27. The van der Waals surface area contributed by atoms with Crippen molar-refractivity contribution in [3.05, 3.63) is 125 Å². The van der Waals surface area contributed by atoms with E-state index in [1.165, 1.54) is 10.6 Å². The highest BCUT2D eigenvalue weighted by molar-refractivity contribution is 7.88. The number of piperidine rings is 1. The van der Waals surface area contributed by atoms with E-state index in [1.807, 2.05) is 79.1 Å². The largest absolute Gasteiger partial charge is 0.355 e. The van der Waals surface area contributed by atoms with Crippen LogP contribution in [0.1, 0.15) is 37.1 Å². The standard InChI is InChI=1S/C39H39Cl2N7O2S/c1-25(44-33-11-8-20-42-39(33)47-21-18-31(19-22-47)46(3)51(4,49)50)36-35(32-17-16-30(41)23-34(32)45-36)38-37(28-9-6-5-7-10-28)43-24-48(38)26(2)27-12-14-29(40)15-13-27/h5-17,20,23-24,26,31,44-45H,1,18-19,21-22H2,2-4H3/t26-/m0/s1. The molecule has 0 spiro atoms. The second-order valence-corrected chi connectivity index (χ2v) is 15.9. The molecule has 1 atom stereocenters. The van der Waals surface area contributed by atoms with Crippen molar-refractivity contribution in [2.24, 2.45) is 0 Å². The van der Waals surface area contributed by atoms with E-state index >= 15 is 0 Å². The average molecular weight is 741 g/mol. The van der Waals surface area contributed by atoms with Gasteiger partial charge < -0.3 is 19.8 Å². The van der Waals surface area contributed by atoms with Crippen molar-refractivity contribution >= 4 is 61.3 Å². The van der Waals surface area contributed by atoms with Crippen molar-refractivity contribution in [2.45, 2.75) is 31.8 Å². The van der Waals surface area contributed by atoms with Crippen LogP contribution in [0, 0.1) is 0 Å². The monoisotopic (exact) mass is 739 g/mol. The highest BCUT2D eigenvalue weighted by Gasteiger charge is 2.30. The average Bonchev–Trinajstić information content (AvgIpc) is 3.73. The van der Waals surface area contributed by atoms with Crippen molar-refractivity contribution in [2.75, 3.05) is 36.6 Å². The van der Waals surface area contributed by atoms with E-state index < -0.39 is 10.0 Å². The third kappa shape index (κ3) is 7.01. The smallest absolute Gasteiger partial charge is 0.211 e. The molecular weight excluding hydrogens is 701 g/mol. The highest BCUT2D eigenvalue weighted by atomic mass is 35.5. The van der Waals surface area contributed by atoms with Crippen LogP contribution in [0.3, 0.4) is 0 Å². The molecule has 0 aliphatic carbocycles. The summed E-state index contributed by atoms with van der Waals surface area (Å²) in [6.45, 7) is 8.05. The Bertz CT molecular complexity index is 2310. The van der Waals surface area contributed by atoms with Gasteiger partial charge in [-0.1, -0.05) is 78.3 Å². The van der Waals surface area contributed by atoms with Crippen LogP contribution < -0.4 is 10.2 Å². The van der Waals surface area contributed by atoms with Crippen molar-refractivity contribution < 1.29 is 8.42 Å². The fraction of sp³-hybridized carbons (Fsp3) is 0.231. The Hall–Kier alpha value is -4.61. The summed E-state index contributed by atoms with van der Waals surface area (Å²) in [4.78, 5) is 15.6. The number of hydrogen-bond donors (Lipinski definition) is 2. The Morgan fingerprint density at radius 2 is 1.69 bits per heavy atom. The van der Waals surface area contributed by atoms with Gasteiger partial charge in [0.2, 0.25) is 10.0 Å². The molecule has 1 fully saturated rings. The predicted molar refractivity (Wildman–Crippen MR) is 210 cm³/mol. The van der Waals surface area contributed by atoms with Gasteiger partial charge in [0.1, 0.15) is 0 Å². The molecule has 51 heavy (non-hydrogen) atoms. The minimum Gasteiger partial charge on any atom is -0.355 e. The topological polar surface area (TPSA) is 99.2 Å². The first kappa shape index (κ1) is 34.8. The normalized spacial score (nSPS) is 14.7. The molecule has 6 aromatic rings. The van der Waals surface area contributed by atoms with Crippen LogP contribution in [0.25, 0.3) is 39.1 Å². The Balaban J connectivity index is 1.31. The van der Waals surface area contributed by atoms with E-state index in [0.717, 1.165) is 56.2 Å². The van der Waals surface area contributed by atoms with Crippen LogP contribution in [0.4, 0.5) is 11.5 Å². The summed E-state index contributed by atoms with van der Waals surface area (Å²) in [6.07, 6.45) is 6.33. The van der Waals surface area contributed by atoms with E-state index in [1.54, 1.807) is 13.2 Å². The van der Waals surface area contributed by atoms with Gasteiger partial charge in [-0.05, 0) is 61.7 Å². The van der Waals surface area contributed by atoms with Gasteiger partial charge in [-0.3, -0.25) is 0 Å². The maximum atomic E-state index is 12.2. The van der Waals surface area contributed by atoms with E-state index in [-0.39, 0.29) is 12.1 Å². The van der Waals surface area contributed by atoms with E-state index in [9.17, 15) is 8.42 Å². The number of anilines is 2. The number of imidazole rings is 1. The maximum absolute atomic E-state index is 12.2. The zero-order valence-electron chi connectivity index (χ0n) is 28.6. The second kappa shape index (κ2) is 14.2. The number of H-pyrrole nitrogens is 1. The van der Waals surface area contributed by atoms with Crippen molar-refractivity contribution in [1.82, 2.24) is 23.8 Å². The third-order valence-corrected chi connectivity index (χ3v) is 11.6. The summed E-state index contributed by atoms with van der Waals surface area (Å²) in [5.74, 6) is 0.784. The van der Waals surface area contributed by atoms with Crippen LogP contribution in [-0.2, 0) is 10.0 Å². The number of sulfonamides is 1. The third-order valence-electron chi connectivity index (χ3n) is 9.78. The zero-order chi connectivity index (χ0) is 35.9. The van der Waals surface area contributed by atoms with Crippen LogP contribution >= 0.6 is 23.2 Å². The summed E-state index contributed by atoms with van der Waals surface area (Å²) in [6, 6.07) is 27.7. The first-order chi connectivity index (χ1) is 24.5. The molecule has 3 aromatic heterocycles. The molecule has 0 radical (unpaired) electrons. The molecule has 7 rings (SSSR count). The van der Waals surface area contributed by atoms with E-state index in [0.29, 0.717) is 41.7 Å². The molecule has 3 aromatic carbocycles. The molecule has 262 valence electrons. The lowest BCUT2D eigenvalue weighted by atomic mass is 9.99. The number of nitrogens with one attached hydrogen (secondary N) is 2. The second-order valence-electron chi connectivity index (χ2n) is 13.0. The number of nitrogens with zero attached hydrogens (tertiary/aromatic N) is 5. The molecule has 1 aliphatic rings. The molecule has 0 amide bonds. The van der Waals surface area contributed by atoms with E-state index in [4.69, 9.17) is 33.2 Å². The molecule has 4 heterocycles. The number of aromatic nitrogens is 4. The first-order valence-electron chi connectivity index (χ1n) is 16.8. The van der Waals surface area contributed by atoms with Gasteiger partial charge in [-0.2, -0.15) is 0 Å². The van der Waals surface area contributed by atoms with Gasteiger partial charge >= 0.3 is 0 Å². The Morgan fingerprint density at radius 3 is 2.39 bits per heavy atom. The van der Waals surface area contributed by atoms with Gasteiger partial charge in [0.05, 0.1) is 47.1 Å². The van der Waals surface area contributed by atoms with Crippen LogP contribution in [0.2, 0.25) is 10.0 Å². The molecule has 0 bridgehead atoms. The number of fused-ring (bicyclic) bond motifs is 1. The number of hydrogen-bond acceptors (Lipinski definition) is 6. The van der Waals surface area contributed by atoms with Crippen LogP contribution in [0.15, 0.2) is 104 Å². The molecular formula is C39H39Cl2N7O2S. The Kier molecular flexibility index (Phi) is 9.69. The first-order valence-corrected chi connectivity index (χ1v) is 19.4. The Morgan fingerprint density at radius 1 is 0.980 bits per heavy atom. The van der Waals surface area contributed by atoms with Crippen molar-refractivity contribution in [3.63, 3.8) is 0 Å². The molecule has 1 saturated heterocycles. The SMILES string of the molecule is C=C(Nc1cccnc1N1CCC(N(C)S(C)(=O)=O)CC1)c1[nH]c2cc(Cl)ccc2c1-c1c(-c2ccccc2)ncn1[C@@H](C)c1ccc(Cl)cc1. The molecule has 12 heteroatoms. The van der Waals surface area contributed by atoms with Crippen molar-refractivity contribution in [3.8, 4) is 22.5 Å². The van der Waals surface area contributed by atoms with Crippen LogP contribution in [0.5, 0.6) is 0 Å². The fourth-order valence-corrected chi connectivity index (χ4v) is 7.99. The van der Waals surface area contributed by atoms with Gasteiger partial charge in [0.15, 0.2) is 5.82 Å². The van der Waals surface area contributed by atoms with Crippen LogP contribution in [-0.4, -0.2) is 64.7 Å². The van der Waals surface area contributed by atoms with Gasteiger partial charge in [-0.15, -0.1) is 0 Å². The Labute approximate surface area is 308 Å². The molecule has 0 unspecified atom stereocenters. The zero-order valence-corrected chi connectivity index (χ0v) is 31.0. The maximum Gasteiger partial charge on any atom is 0.211 e.